The second-order valence-corrected chi connectivity index (χ2v) is 2.69. The van der Waals surface area contributed by atoms with E-state index in [0.717, 1.165) is 22.8 Å². The van der Waals surface area contributed by atoms with Crippen LogP contribution in [0, 0.1) is 0 Å². The zero-order valence-corrected chi connectivity index (χ0v) is 9.02. The number of aromatic carboxylic acids is 1. The molecule has 1 aromatic carbocycles. The molecule has 75 valence electrons. The van der Waals surface area contributed by atoms with Crippen LogP contribution in [0.1, 0.15) is 10.5 Å². The fourth-order valence-corrected chi connectivity index (χ4v) is 1.29. The number of hydrogen-bond donors (Lipinski definition) is 1. The van der Waals surface area contributed by atoms with Crippen molar-refractivity contribution in [3.8, 4) is 0 Å². The molecule has 5 heteroatoms. The van der Waals surface area contributed by atoms with Crippen LogP contribution in [0.3, 0.4) is 0 Å². The Morgan fingerprint density at radius 3 is 2.53 bits per heavy atom. The van der Waals surface area contributed by atoms with Crippen LogP contribution in [-0.2, 0) is 21.0 Å². The minimum atomic E-state index is -0.989. The molecular weight excluding hydrogens is 233 g/mol. The molecule has 0 spiro atoms. The summed E-state index contributed by atoms with van der Waals surface area (Å²) in [4.78, 5) is 14.6. The predicted molar refractivity (Wildman–Crippen MR) is 49.4 cm³/mol. The maximum absolute atomic E-state index is 10.8. The number of carboxylic acids is 1. The van der Waals surface area contributed by atoms with E-state index in [1.54, 1.807) is 18.2 Å². The molecule has 0 radical (unpaired) electrons. The van der Waals surface area contributed by atoms with Crippen LogP contribution in [0.5, 0.6) is 0 Å². The predicted octanol–water partition coefficient (Wildman–Crippen LogP) is 1.81. The second-order valence-electron chi connectivity index (χ2n) is 2.69. The molecule has 0 saturated carbocycles. The Labute approximate surface area is 95.2 Å². The van der Waals surface area contributed by atoms with Crippen LogP contribution in [0.15, 0.2) is 36.5 Å². The van der Waals surface area contributed by atoms with Gasteiger partial charge in [0, 0.05) is 11.6 Å². The van der Waals surface area contributed by atoms with Crippen molar-refractivity contribution < 1.29 is 30.9 Å². The Balaban J connectivity index is 0.000000531. The maximum atomic E-state index is 10.8. The first-order valence-electron chi connectivity index (χ1n) is 4.04. The van der Waals surface area contributed by atoms with Gasteiger partial charge in [0.25, 0.3) is 0 Å². The first-order chi connectivity index (χ1) is 7.29. The molecule has 0 atom stereocenters. The van der Waals surface area contributed by atoms with Gasteiger partial charge in [-0.3, -0.25) is 0 Å². The average Bonchev–Trinajstić information content (AvgIpc) is 2.31. The zero-order chi connectivity index (χ0) is 11.3. The van der Waals surface area contributed by atoms with Crippen molar-refractivity contribution in [1.82, 2.24) is 4.98 Å². The Kier molecular flexibility index (Phi) is 4.15. The molecule has 0 unspecified atom stereocenters. The van der Waals surface area contributed by atoms with E-state index in [4.69, 9.17) is 8.78 Å². The summed E-state index contributed by atoms with van der Waals surface area (Å²) in [5.74, 6) is -0.989. The molecule has 0 aliphatic rings. The molecule has 0 amide bonds. The topological polar surface area (TPSA) is 67.3 Å². The van der Waals surface area contributed by atoms with Crippen molar-refractivity contribution in [2.45, 2.75) is 0 Å². The van der Waals surface area contributed by atoms with E-state index in [1.807, 2.05) is 12.1 Å². The van der Waals surface area contributed by atoms with Crippen molar-refractivity contribution in [3.63, 3.8) is 0 Å². The molecule has 2 rings (SSSR count). The summed E-state index contributed by atoms with van der Waals surface area (Å²) in [6, 6.07) is 9.08. The van der Waals surface area contributed by atoms with Gasteiger partial charge in [-0.05, 0) is 11.5 Å². The van der Waals surface area contributed by atoms with Crippen LogP contribution < -0.4 is 0 Å². The van der Waals surface area contributed by atoms with Gasteiger partial charge < -0.3 is 5.11 Å². The minimum absolute atomic E-state index is 0.109. The summed E-state index contributed by atoms with van der Waals surface area (Å²) >= 11 is 1.06. The molecule has 1 N–H and O–H groups in total. The van der Waals surface area contributed by atoms with Crippen molar-refractivity contribution in [3.05, 3.63) is 42.2 Å². The number of hydrogen-bond acceptors (Lipinski definition) is 3. The van der Waals surface area contributed by atoms with Crippen LogP contribution in [0.4, 0.5) is 0 Å². The number of carboxylic acid groups (broad SMARTS) is 1. The first kappa shape index (κ1) is 11.6. The van der Waals surface area contributed by atoms with Gasteiger partial charge in [0.15, 0.2) is 5.69 Å². The fraction of sp³-hybridized carbons (Fsp3) is 0. The summed E-state index contributed by atoms with van der Waals surface area (Å²) in [7, 11) is 0. The SMILES string of the molecule is O=C(O)c1nccc2ccccc12.[O]=[V]. The van der Waals surface area contributed by atoms with E-state index in [0.29, 0.717) is 5.39 Å². The zero-order valence-electron chi connectivity index (χ0n) is 7.62. The van der Waals surface area contributed by atoms with E-state index >= 15 is 0 Å². The van der Waals surface area contributed by atoms with Gasteiger partial charge in [-0.15, -0.1) is 0 Å². The van der Waals surface area contributed by atoms with Crippen molar-refractivity contribution >= 4 is 16.7 Å². The third-order valence-corrected chi connectivity index (χ3v) is 1.88. The van der Waals surface area contributed by atoms with Crippen LogP contribution in [0.2, 0.25) is 0 Å². The van der Waals surface area contributed by atoms with Gasteiger partial charge in [-0.1, -0.05) is 24.3 Å². The molecule has 0 saturated heterocycles. The van der Waals surface area contributed by atoms with E-state index < -0.39 is 5.97 Å². The second kappa shape index (κ2) is 5.39. The van der Waals surface area contributed by atoms with Gasteiger partial charge in [0.05, 0.1) is 0 Å². The van der Waals surface area contributed by atoms with Crippen LogP contribution >= 0.6 is 0 Å². The Morgan fingerprint density at radius 2 is 1.87 bits per heavy atom. The molecule has 0 aliphatic carbocycles. The molecule has 1 heterocycles. The normalized spacial score (nSPS) is 9.00. The molecule has 15 heavy (non-hydrogen) atoms. The number of carbonyl (C=O) groups is 1. The Hall–Kier alpha value is -1.52. The van der Waals surface area contributed by atoms with Crippen molar-refractivity contribution in [2.24, 2.45) is 0 Å². The molecule has 0 fully saturated rings. The Bertz CT molecular complexity index is 482. The van der Waals surface area contributed by atoms with Gasteiger partial charge in [0.1, 0.15) is 0 Å². The number of benzene rings is 1. The quantitative estimate of drug-likeness (QED) is 0.825. The third kappa shape index (κ3) is 2.49. The number of pyridine rings is 1. The summed E-state index contributed by atoms with van der Waals surface area (Å²) in [6.45, 7) is 0. The average molecular weight is 240 g/mol. The third-order valence-electron chi connectivity index (χ3n) is 1.88. The number of nitrogens with zero attached hydrogens (tertiary/aromatic N) is 1. The van der Waals surface area contributed by atoms with Gasteiger partial charge in [0.2, 0.25) is 0 Å². The van der Waals surface area contributed by atoms with E-state index in [-0.39, 0.29) is 5.69 Å². The summed E-state index contributed by atoms with van der Waals surface area (Å²) < 4.78 is 8.19. The molecule has 1 aromatic heterocycles. The monoisotopic (exact) mass is 240 g/mol. The molecule has 0 bridgehead atoms. The van der Waals surface area contributed by atoms with Crippen LogP contribution in [-0.4, -0.2) is 16.1 Å². The van der Waals surface area contributed by atoms with E-state index in [2.05, 4.69) is 4.98 Å². The van der Waals surface area contributed by atoms with Crippen LogP contribution in [0.25, 0.3) is 10.8 Å². The van der Waals surface area contributed by atoms with Gasteiger partial charge in [-0.2, -0.15) is 0 Å². The molecule has 2 aromatic rings. The first-order valence-corrected chi connectivity index (χ1v) is 4.61. The summed E-state index contributed by atoms with van der Waals surface area (Å²) in [5, 5.41) is 10.4. The number of aromatic nitrogens is 1. The standard InChI is InChI=1S/C10H7NO2.O.V/c12-10(13)9-8-4-2-1-3-7(8)5-6-11-9;;/h1-6H,(H,12,13);;. The molecule has 0 aliphatic heterocycles. The van der Waals surface area contributed by atoms with Gasteiger partial charge >= 0.3 is 27.0 Å². The summed E-state index contributed by atoms with van der Waals surface area (Å²) in [5.41, 5.74) is 0.109. The Morgan fingerprint density at radius 1 is 1.20 bits per heavy atom. The molecular formula is C10H7NO3V. The summed E-state index contributed by atoms with van der Waals surface area (Å²) in [6.07, 6.45) is 1.51. The number of rotatable bonds is 1. The number of fused-ring (bicyclic) bond motifs is 1. The molecule has 4 nitrogen and oxygen atoms in total. The van der Waals surface area contributed by atoms with Crippen molar-refractivity contribution in [1.29, 1.82) is 0 Å². The van der Waals surface area contributed by atoms with Crippen molar-refractivity contribution in [2.75, 3.05) is 0 Å². The van der Waals surface area contributed by atoms with E-state index in [9.17, 15) is 4.79 Å². The van der Waals surface area contributed by atoms with Gasteiger partial charge in [-0.25, -0.2) is 9.78 Å². The fourth-order valence-electron chi connectivity index (χ4n) is 1.29. The van der Waals surface area contributed by atoms with E-state index in [1.165, 1.54) is 6.20 Å².